The second-order valence-electron chi connectivity index (χ2n) is 5.04. The molecular formula is C14H21BrO2. The van der Waals surface area contributed by atoms with Crippen molar-refractivity contribution >= 4 is 15.9 Å². The zero-order valence-corrected chi connectivity index (χ0v) is 12.1. The van der Waals surface area contributed by atoms with Crippen LogP contribution in [-0.4, -0.2) is 23.4 Å². The van der Waals surface area contributed by atoms with E-state index in [1.165, 1.54) is 0 Å². The summed E-state index contributed by atoms with van der Waals surface area (Å²) in [6.45, 7) is 4.28. The number of aliphatic hydroxyl groups excluding tert-OH is 2. The zero-order chi connectivity index (χ0) is 12.9. The smallest absolute Gasteiger partial charge is 0.0550 e. The fraction of sp³-hybridized carbons (Fsp3) is 0.571. The zero-order valence-electron chi connectivity index (χ0n) is 10.5. The molecule has 1 aromatic rings. The summed E-state index contributed by atoms with van der Waals surface area (Å²) in [5, 5.41) is 19.3. The van der Waals surface area contributed by atoms with E-state index in [9.17, 15) is 10.2 Å². The first-order valence-corrected chi connectivity index (χ1v) is 6.81. The minimum Gasteiger partial charge on any atom is -0.395 e. The number of hydrogen-bond acceptors (Lipinski definition) is 2. The molecule has 0 aliphatic carbocycles. The first kappa shape index (κ1) is 14.7. The molecule has 17 heavy (non-hydrogen) atoms. The lowest BCUT2D eigenvalue weighted by Crippen LogP contribution is -2.35. The lowest BCUT2D eigenvalue weighted by Gasteiger charge is -2.31. The van der Waals surface area contributed by atoms with Crippen molar-refractivity contribution in [3.8, 4) is 0 Å². The van der Waals surface area contributed by atoms with Crippen LogP contribution < -0.4 is 0 Å². The standard InChI is InChI=1S/C14H21BrO2/c1-11(2)7-8-14(9-16,10-17)12-3-5-13(15)6-4-12/h3-6,11,16-17H,7-10H2,1-2H3. The third kappa shape index (κ3) is 3.80. The Labute approximate surface area is 112 Å². The van der Waals surface area contributed by atoms with E-state index in [0.717, 1.165) is 22.9 Å². The minimum absolute atomic E-state index is 0.0160. The van der Waals surface area contributed by atoms with E-state index in [4.69, 9.17) is 0 Å². The summed E-state index contributed by atoms with van der Waals surface area (Å²) in [7, 11) is 0. The van der Waals surface area contributed by atoms with Gasteiger partial charge >= 0.3 is 0 Å². The predicted octanol–water partition coefficient (Wildman–Crippen LogP) is 3.11. The van der Waals surface area contributed by atoms with E-state index in [2.05, 4.69) is 29.8 Å². The van der Waals surface area contributed by atoms with Crippen molar-refractivity contribution in [2.45, 2.75) is 32.1 Å². The van der Waals surface area contributed by atoms with E-state index >= 15 is 0 Å². The van der Waals surface area contributed by atoms with Gasteiger partial charge in [0.1, 0.15) is 0 Å². The number of aliphatic hydroxyl groups is 2. The highest BCUT2D eigenvalue weighted by Crippen LogP contribution is 2.31. The normalized spacial score (nSPS) is 12.1. The summed E-state index contributed by atoms with van der Waals surface area (Å²) in [5.74, 6) is 0.572. The largest absolute Gasteiger partial charge is 0.395 e. The predicted molar refractivity (Wildman–Crippen MR) is 74.1 cm³/mol. The molecule has 2 nitrogen and oxygen atoms in total. The van der Waals surface area contributed by atoms with E-state index in [1.807, 2.05) is 24.3 Å². The van der Waals surface area contributed by atoms with Gasteiger partial charge in [-0.2, -0.15) is 0 Å². The number of rotatable bonds is 6. The Morgan fingerprint density at radius 3 is 2.06 bits per heavy atom. The van der Waals surface area contributed by atoms with Crippen LogP contribution in [0.3, 0.4) is 0 Å². The molecule has 0 saturated carbocycles. The average Bonchev–Trinajstić information content (AvgIpc) is 2.32. The van der Waals surface area contributed by atoms with Crippen LogP contribution in [-0.2, 0) is 5.41 Å². The van der Waals surface area contributed by atoms with Crippen molar-refractivity contribution in [2.24, 2.45) is 5.92 Å². The van der Waals surface area contributed by atoms with Gasteiger partial charge in [0.15, 0.2) is 0 Å². The highest BCUT2D eigenvalue weighted by Gasteiger charge is 2.30. The highest BCUT2D eigenvalue weighted by molar-refractivity contribution is 9.10. The molecule has 0 radical (unpaired) electrons. The van der Waals surface area contributed by atoms with Crippen molar-refractivity contribution < 1.29 is 10.2 Å². The number of halogens is 1. The lowest BCUT2D eigenvalue weighted by atomic mass is 9.77. The van der Waals surface area contributed by atoms with Crippen molar-refractivity contribution in [1.82, 2.24) is 0 Å². The van der Waals surface area contributed by atoms with Crippen LogP contribution in [0.15, 0.2) is 28.7 Å². The summed E-state index contributed by atoms with van der Waals surface area (Å²) in [6, 6.07) is 7.84. The lowest BCUT2D eigenvalue weighted by molar-refractivity contribution is 0.105. The molecule has 0 aliphatic rings. The van der Waals surface area contributed by atoms with Crippen LogP contribution in [0.5, 0.6) is 0 Å². The fourth-order valence-electron chi connectivity index (χ4n) is 1.90. The molecule has 0 aliphatic heterocycles. The highest BCUT2D eigenvalue weighted by atomic mass is 79.9. The summed E-state index contributed by atoms with van der Waals surface area (Å²) in [6.07, 6.45) is 1.80. The molecule has 0 heterocycles. The molecule has 0 amide bonds. The molecule has 0 unspecified atom stereocenters. The Morgan fingerprint density at radius 2 is 1.65 bits per heavy atom. The Bertz CT molecular complexity index is 329. The quantitative estimate of drug-likeness (QED) is 0.847. The van der Waals surface area contributed by atoms with Gasteiger partial charge in [-0.1, -0.05) is 41.9 Å². The van der Waals surface area contributed by atoms with E-state index < -0.39 is 5.41 Å². The Hall–Kier alpha value is -0.380. The van der Waals surface area contributed by atoms with Crippen LogP contribution in [0.25, 0.3) is 0 Å². The molecule has 0 atom stereocenters. The molecule has 1 aromatic carbocycles. The van der Waals surface area contributed by atoms with Gasteiger partial charge in [-0.05, 0) is 36.5 Å². The van der Waals surface area contributed by atoms with Gasteiger partial charge < -0.3 is 10.2 Å². The Balaban J connectivity index is 2.93. The van der Waals surface area contributed by atoms with Gasteiger partial charge in [0.2, 0.25) is 0 Å². The Morgan fingerprint density at radius 1 is 1.12 bits per heavy atom. The molecule has 0 bridgehead atoms. The molecular weight excluding hydrogens is 280 g/mol. The number of benzene rings is 1. The minimum atomic E-state index is -0.509. The summed E-state index contributed by atoms with van der Waals surface area (Å²) in [5.41, 5.74) is 0.497. The van der Waals surface area contributed by atoms with E-state index in [0.29, 0.717) is 5.92 Å². The van der Waals surface area contributed by atoms with Crippen molar-refractivity contribution in [3.63, 3.8) is 0 Å². The summed E-state index contributed by atoms with van der Waals surface area (Å²) in [4.78, 5) is 0. The second kappa shape index (κ2) is 6.53. The number of hydrogen-bond donors (Lipinski definition) is 2. The van der Waals surface area contributed by atoms with Gasteiger partial charge in [0.05, 0.1) is 13.2 Å². The maximum atomic E-state index is 9.64. The fourth-order valence-corrected chi connectivity index (χ4v) is 2.17. The van der Waals surface area contributed by atoms with Crippen LogP contribution >= 0.6 is 15.9 Å². The van der Waals surface area contributed by atoms with Crippen LogP contribution in [0, 0.1) is 5.92 Å². The molecule has 3 heteroatoms. The SMILES string of the molecule is CC(C)CCC(CO)(CO)c1ccc(Br)cc1. The average molecular weight is 301 g/mol. The molecule has 1 rings (SSSR count). The van der Waals surface area contributed by atoms with Crippen molar-refractivity contribution in [3.05, 3.63) is 34.3 Å². The third-order valence-corrected chi connectivity index (χ3v) is 3.79. The third-order valence-electron chi connectivity index (χ3n) is 3.26. The van der Waals surface area contributed by atoms with E-state index in [-0.39, 0.29) is 13.2 Å². The second-order valence-corrected chi connectivity index (χ2v) is 5.95. The first-order valence-electron chi connectivity index (χ1n) is 6.02. The summed E-state index contributed by atoms with van der Waals surface area (Å²) >= 11 is 3.39. The van der Waals surface area contributed by atoms with Gasteiger partial charge in [-0.25, -0.2) is 0 Å². The molecule has 0 saturated heterocycles. The van der Waals surface area contributed by atoms with Crippen LogP contribution in [0.4, 0.5) is 0 Å². The van der Waals surface area contributed by atoms with E-state index in [1.54, 1.807) is 0 Å². The van der Waals surface area contributed by atoms with Gasteiger partial charge in [-0.3, -0.25) is 0 Å². The monoisotopic (exact) mass is 300 g/mol. The maximum Gasteiger partial charge on any atom is 0.0550 e. The van der Waals surface area contributed by atoms with Gasteiger partial charge in [-0.15, -0.1) is 0 Å². The maximum absolute atomic E-state index is 9.64. The molecule has 2 N–H and O–H groups in total. The molecule has 0 fully saturated rings. The molecule has 0 spiro atoms. The van der Waals surface area contributed by atoms with Crippen LogP contribution in [0.1, 0.15) is 32.3 Å². The summed E-state index contributed by atoms with van der Waals surface area (Å²) < 4.78 is 1.01. The van der Waals surface area contributed by atoms with Crippen molar-refractivity contribution in [1.29, 1.82) is 0 Å². The Kier molecular flexibility index (Phi) is 5.63. The topological polar surface area (TPSA) is 40.5 Å². The van der Waals surface area contributed by atoms with Gasteiger partial charge in [0.25, 0.3) is 0 Å². The van der Waals surface area contributed by atoms with Crippen molar-refractivity contribution in [2.75, 3.05) is 13.2 Å². The van der Waals surface area contributed by atoms with Gasteiger partial charge in [0, 0.05) is 9.89 Å². The molecule has 96 valence electrons. The molecule has 0 aromatic heterocycles. The van der Waals surface area contributed by atoms with Crippen LogP contribution in [0.2, 0.25) is 0 Å². The first-order chi connectivity index (χ1) is 8.04.